The molecular formula is C22H26N8O2. The van der Waals surface area contributed by atoms with Gasteiger partial charge in [-0.1, -0.05) is 6.92 Å². The van der Waals surface area contributed by atoms with Crippen molar-refractivity contribution in [2.45, 2.75) is 38.1 Å². The van der Waals surface area contributed by atoms with E-state index in [4.69, 9.17) is 9.84 Å². The average molecular weight is 435 g/mol. The van der Waals surface area contributed by atoms with Crippen molar-refractivity contribution >= 4 is 11.3 Å². The number of nitrogens with zero attached hydrogens (tertiary/aromatic N) is 7. The van der Waals surface area contributed by atoms with Gasteiger partial charge in [0.1, 0.15) is 11.6 Å². The number of ether oxygens (including phenoxy) is 1. The van der Waals surface area contributed by atoms with Gasteiger partial charge >= 0.3 is 0 Å². The van der Waals surface area contributed by atoms with E-state index in [9.17, 15) is 4.79 Å². The minimum Gasteiger partial charge on any atom is -0.381 e. The van der Waals surface area contributed by atoms with Crippen LogP contribution in [0.4, 0.5) is 0 Å². The summed E-state index contributed by atoms with van der Waals surface area (Å²) in [6.45, 7) is 6.15. The van der Waals surface area contributed by atoms with Gasteiger partial charge in [-0.3, -0.25) is 14.1 Å². The summed E-state index contributed by atoms with van der Waals surface area (Å²) in [6, 6.07) is 1.90. The molecule has 0 aliphatic carbocycles. The van der Waals surface area contributed by atoms with Gasteiger partial charge in [0.15, 0.2) is 5.52 Å². The van der Waals surface area contributed by atoms with Gasteiger partial charge in [0.25, 0.3) is 5.56 Å². The minimum atomic E-state index is -0.127. The van der Waals surface area contributed by atoms with Crippen LogP contribution in [0.25, 0.3) is 11.3 Å². The van der Waals surface area contributed by atoms with E-state index >= 15 is 0 Å². The van der Waals surface area contributed by atoms with Crippen LogP contribution in [-0.4, -0.2) is 65.2 Å². The molecule has 4 aromatic rings. The van der Waals surface area contributed by atoms with Gasteiger partial charge < -0.3 is 9.72 Å². The molecule has 4 aromatic heterocycles. The molecule has 166 valence electrons. The summed E-state index contributed by atoms with van der Waals surface area (Å²) in [7, 11) is 0. The van der Waals surface area contributed by atoms with Crippen LogP contribution in [0, 0.1) is 5.92 Å². The first kappa shape index (κ1) is 19.6. The lowest BCUT2D eigenvalue weighted by Crippen LogP contribution is -2.24. The molecule has 2 unspecified atom stereocenters. The molecule has 6 rings (SSSR count). The van der Waals surface area contributed by atoms with E-state index < -0.39 is 0 Å². The summed E-state index contributed by atoms with van der Waals surface area (Å²) in [5.41, 5.74) is 1.37. The molecule has 2 aliphatic heterocycles. The van der Waals surface area contributed by atoms with E-state index in [2.05, 4.69) is 31.8 Å². The number of rotatable bonds is 4. The number of imidazole rings is 2. The highest BCUT2D eigenvalue weighted by molar-refractivity contribution is 5.42. The number of hydrogen-bond acceptors (Lipinski definition) is 7. The normalized spacial score (nSPS) is 22.9. The maximum absolute atomic E-state index is 12.8. The van der Waals surface area contributed by atoms with Gasteiger partial charge in [-0.05, 0) is 24.8 Å². The maximum Gasteiger partial charge on any atom is 0.276 e. The van der Waals surface area contributed by atoms with Crippen LogP contribution in [-0.2, 0) is 11.3 Å². The van der Waals surface area contributed by atoms with Crippen LogP contribution < -0.4 is 5.56 Å². The van der Waals surface area contributed by atoms with Gasteiger partial charge in [0, 0.05) is 63.3 Å². The number of fused-ring (bicyclic) bond motifs is 2. The first-order valence-electron chi connectivity index (χ1n) is 11.2. The lowest BCUT2D eigenvalue weighted by Gasteiger charge is -2.21. The van der Waals surface area contributed by atoms with Crippen molar-refractivity contribution in [1.29, 1.82) is 0 Å². The number of H-pyrrole nitrogens is 1. The van der Waals surface area contributed by atoms with Crippen molar-refractivity contribution in [3.05, 3.63) is 58.6 Å². The molecule has 10 heteroatoms. The Bertz CT molecular complexity index is 1290. The van der Waals surface area contributed by atoms with Gasteiger partial charge in [-0.25, -0.2) is 19.5 Å². The third kappa shape index (κ3) is 3.39. The minimum absolute atomic E-state index is 0.127. The molecule has 32 heavy (non-hydrogen) atoms. The van der Waals surface area contributed by atoms with Crippen molar-refractivity contribution in [3.8, 4) is 0 Å². The fourth-order valence-electron chi connectivity index (χ4n) is 5.07. The van der Waals surface area contributed by atoms with Crippen LogP contribution >= 0.6 is 0 Å². The first-order valence-corrected chi connectivity index (χ1v) is 11.2. The Morgan fingerprint density at radius 3 is 2.94 bits per heavy atom. The highest BCUT2D eigenvalue weighted by Crippen LogP contribution is 2.31. The molecule has 2 saturated heterocycles. The summed E-state index contributed by atoms with van der Waals surface area (Å²) in [4.78, 5) is 31.7. The van der Waals surface area contributed by atoms with E-state index in [1.54, 1.807) is 16.9 Å². The highest BCUT2D eigenvalue weighted by Gasteiger charge is 2.34. The Morgan fingerprint density at radius 1 is 1.22 bits per heavy atom. The van der Waals surface area contributed by atoms with Crippen LogP contribution in [0.3, 0.4) is 0 Å². The molecule has 2 aliphatic rings. The summed E-state index contributed by atoms with van der Waals surface area (Å²) in [5.74, 6) is 3.10. The summed E-state index contributed by atoms with van der Waals surface area (Å²) >= 11 is 0. The molecule has 10 nitrogen and oxygen atoms in total. The third-order valence-corrected chi connectivity index (χ3v) is 6.74. The zero-order valence-electron chi connectivity index (χ0n) is 18.0. The molecular weight excluding hydrogens is 408 g/mol. The maximum atomic E-state index is 12.8. The monoisotopic (exact) mass is 434 g/mol. The molecule has 6 heterocycles. The summed E-state index contributed by atoms with van der Waals surface area (Å²) in [5, 5.41) is 4.88. The molecule has 0 aromatic carbocycles. The van der Waals surface area contributed by atoms with Crippen molar-refractivity contribution in [2.24, 2.45) is 5.92 Å². The van der Waals surface area contributed by atoms with Crippen molar-refractivity contribution in [2.75, 3.05) is 26.3 Å². The third-order valence-electron chi connectivity index (χ3n) is 6.74. The Morgan fingerprint density at radius 2 is 2.09 bits per heavy atom. The van der Waals surface area contributed by atoms with Crippen LogP contribution in [0.5, 0.6) is 0 Å². The quantitative estimate of drug-likeness (QED) is 0.520. The van der Waals surface area contributed by atoms with E-state index in [1.165, 1.54) is 0 Å². The topological polar surface area (TPSA) is 106 Å². The molecule has 0 radical (unpaired) electrons. The molecule has 1 N–H and O–H groups in total. The highest BCUT2D eigenvalue weighted by atomic mass is 16.5. The van der Waals surface area contributed by atoms with Crippen molar-refractivity contribution in [1.82, 2.24) is 38.9 Å². The molecule has 2 fully saturated rings. The van der Waals surface area contributed by atoms with Gasteiger partial charge in [0.05, 0.1) is 11.9 Å². The second-order valence-electron chi connectivity index (χ2n) is 8.98. The zero-order chi connectivity index (χ0) is 21.7. The molecule has 0 saturated carbocycles. The predicted octanol–water partition coefficient (Wildman–Crippen LogP) is 1.59. The molecule has 0 bridgehead atoms. The van der Waals surface area contributed by atoms with Crippen LogP contribution in [0.2, 0.25) is 0 Å². The summed E-state index contributed by atoms with van der Waals surface area (Å²) < 4.78 is 9.20. The Labute approximate surface area is 184 Å². The van der Waals surface area contributed by atoms with E-state index in [0.29, 0.717) is 17.2 Å². The predicted molar refractivity (Wildman–Crippen MR) is 117 cm³/mol. The number of likely N-dealkylation sites (tertiary alicyclic amines) is 1. The average Bonchev–Trinajstić information content (AvgIpc) is 3.50. The van der Waals surface area contributed by atoms with Crippen molar-refractivity contribution in [3.63, 3.8) is 0 Å². The lowest BCUT2D eigenvalue weighted by molar-refractivity contribution is 0.0832. The Hall–Kier alpha value is -3.11. The zero-order valence-corrected chi connectivity index (χ0v) is 18.0. The SMILES string of the molecule is CC1CN(Cc2cn3cccnc3n2)CC1c1nn2c(C3CCOCC3)ncc2c(=O)[nH]1. The fourth-order valence-corrected chi connectivity index (χ4v) is 5.07. The second-order valence-corrected chi connectivity index (χ2v) is 8.98. The molecule has 2 atom stereocenters. The van der Waals surface area contributed by atoms with Gasteiger partial charge in [-0.15, -0.1) is 0 Å². The second kappa shape index (κ2) is 7.79. The van der Waals surface area contributed by atoms with E-state index in [-0.39, 0.29) is 17.4 Å². The van der Waals surface area contributed by atoms with Crippen LogP contribution in [0.15, 0.2) is 35.6 Å². The molecule has 0 spiro atoms. The van der Waals surface area contributed by atoms with Gasteiger partial charge in [0.2, 0.25) is 5.78 Å². The Balaban J connectivity index is 1.27. The number of hydrogen-bond donors (Lipinski definition) is 1. The number of aromatic nitrogens is 7. The number of nitrogens with one attached hydrogen (secondary N) is 1. The van der Waals surface area contributed by atoms with Gasteiger partial charge in [-0.2, -0.15) is 5.10 Å². The summed E-state index contributed by atoms with van der Waals surface area (Å²) in [6.07, 6.45) is 9.19. The molecule has 0 amide bonds. The Kier molecular flexibility index (Phi) is 4.76. The van der Waals surface area contributed by atoms with E-state index in [0.717, 1.165) is 63.0 Å². The standard InChI is InChI=1S/C22H26N8O2/c1-14-10-28(11-16-12-29-6-2-5-23-22(29)25-16)13-17(14)19-26-21(31)18-9-24-20(30(18)27-19)15-3-7-32-8-4-15/h2,5-6,9,12,14-15,17H,3-4,7-8,10-11,13H2,1H3,(H,26,27,31). The first-order chi connectivity index (χ1) is 15.7. The van der Waals surface area contributed by atoms with Crippen LogP contribution in [0.1, 0.15) is 48.9 Å². The van der Waals surface area contributed by atoms with Crippen molar-refractivity contribution < 1.29 is 4.74 Å². The smallest absolute Gasteiger partial charge is 0.276 e. The fraction of sp³-hybridized carbons (Fsp3) is 0.500. The van der Waals surface area contributed by atoms with E-state index in [1.807, 2.05) is 22.9 Å². The number of aromatic amines is 1. The lowest BCUT2D eigenvalue weighted by atomic mass is 9.97. The largest absolute Gasteiger partial charge is 0.381 e.